The largest absolute Gasteiger partial charge is 0.356 e. The smallest absolute Gasteiger partial charge is 0.0961 e. The van der Waals surface area contributed by atoms with Crippen molar-refractivity contribution in [3.63, 3.8) is 0 Å². The molecular weight excluding hydrogens is 196 g/mol. The average Bonchev–Trinajstić information content (AvgIpc) is 2.56. The zero-order valence-corrected chi connectivity index (χ0v) is 8.72. The van der Waals surface area contributed by atoms with E-state index in [1.54, 1.807) is 0 Å². The predicted molar refractivity (Wildman–Crippen MR) is 58.8 cm³/mol. The fraction of sp³-hybridized carbons (Fsp3) is 0.364. The van der Waals surface area contributed by atoms with Crippen molar-refractivity contribution < 1.29 is 0 Å². The van der Waals surface area contributed by atoms with Crippen LogP contribution in [0.15, 0.2) is 24.3 Å². The maximum Gasteiger partial charge on any atom is 0.0961 e. The molecule has 1 heterocycles. The van der Waals surface area contributed by atoms with Crippen molar-refractivity contribution in [2.75, 3.05) is 6.54 Å². The van der Waals surface area contributed by atoms with Gasteiger partial charge >= 0.3 is 0 Å². The second-order valence-corrected chi connectivity index (χ2v) is 3.97. The Morgan fingerprint density at radius 1 is 1.36 bits per heavy atom. The van der Waals surface area contributed by atoms with Gasteiger partial charge in [0.25, 0.3) is 0 Å². The van der Waals surface area contributed by atoms with Crippen LogP contribution in [0.3, 0.4) is 0 Å². The highest BCUT2D eigenvalue weighted by molar-refractivity contribution is 6.31. The molecule has 3 heteroatoms. The lowest BCUT2D eigenvalue weighted by atomic mass is 10.2. The zero-order chi connectivity index (χ0) is 9.97. The summed E-state index contributed by atoms with van der Waals surface area (Å²) in [4.78, 5) is 2.08. The molecule has 0 unspecified atom stereocenters. The van der Waals surface area contributed by atoms with E-state index in [9.17, 15) is 0 Å². The molecule has 0 atom stereocenters. The Hall–Kier alpha value is -1.02. The highest BCUT2D eigenvalue weighted by Crippen LogP contribution is 2.20. The average molecular weight is 209 g/mol. The Morgan fingerprint density at radius 3 is 2.79 bits per heavy atom. The SMILES string of the molecule is N=C1CCCN1Cc1ccccc1Cl. The summed E-state index contributed by atoms with van der Waals surface area (Å²) in [7, 11) is 0. The van der Waals surface area contributed by atoms with Gasteiger partial charge in [-0.15, -0.1) is 0 Å². The lowest BCUT2D eigenvalue weighted by molar-refractivity contribution is 0.446. The van der Waals surface area contributed by atoms with Gasteiger partial charge in [-0.05, 0) is 18.1 Å². The Labute approximate surface area is 89.0 Å². The molecule has 0 radical (unpaired) electrons. The van der Waals surface area contributed by atoms with E-state index in [2.05, 4.69) is 4.90 Å². The lowest BCUT2D eigenvalue weighted by Gasteiger charge is -2.18. The molecule has 1 fully saturated rings. The lowest BCUT2D eigenvalue weighted by Crippen LogP contribution is -2.23. The van der Waals surface area contributed by atoms with E-state index < -0.39 is 0 Å². The molecule has 0 amide bonds. The number of nitrogens with zero attached hydrogens (tertiary/aromatic N) is 1. The minimum Gasteiger partial charge on any atom is -0.356 e. The molecule has 1 aliphatic rings. The molecule has 1 aromatic carbocycles. The van der Waals surface area contributed by atoms with Crippen molar-refractivity contribution in [2.24, 2.45) is 0 Å². The van der Waals surface area contributed by atoms with Gasteiger partial charge in [-0.1, -0.05) is 29.8 Å². The van der Waals surface area contributed by atoms with Gasteiger partial charge in [0, 0.05) is 24.5 Å². The summed E-state index contributed by atoms with van der Waals surface area (Å²) in [6, 6.07) is 7.84. The summed E-state index contributed by atoms with van der Waals surface area (Å²) in [5, 5.41) is 8.51. The van der Waals surface area contributed by atoms with Crippen LogP contribution >= 0.6 is 11.6 Å². The van der Waals surface area contributed by atoms with Gasteiger partial charge in [0.2, 0.25) is 0 Å². The Balaban J connectivity index is 2.10. The van der Waals surface area contributed by atoms with Gasteiger partial charge in [0.1, 0.15) is 0 Å². The second kappa shape index (κ2) is 4.01. The van der Waals surface area contributed by atoms with Gasteiger partial charge < -0.3 is 4.90 Å². The summed E-state index contributed by atoms with van der Waals surface area (Å²) >= 11 is 6.05. The van der Waals surface area contributed by atoms with E-state index in [4.69, 9.17) is 17.0 Å². The van der Waals surface area contributed by atoms with Crippen molar-refractivity contribution >= 4 is 17.4 Å². The molecule has 0 bridgehead atoms. The summed E-state index contributed by atoms with van der Waals surface area (Å²) in [5.41, 5.74) is 1.11. The number of benzene rings is 1. The second-order valence-electron chi connectivity index (χ2n) is 3.56. The van der Waals surface area contributed by atoms with Crippen LogP contribution in [-0.4, -0.2) is 17.3 Å². The molecule has 1 saturated heterocycles. The van der Waals surface area contributed by atoms with Gasteiger partial charge in [-0.2, -0.15) is 0 Å². The zero-order valence-electron chi connectivity index (χ0n) is 7.96. The number of rotatable bonds is 2. The first kappa shape index (κ1) is 9.53. The van der Waals surface area contributed by atoms with Gasteiger partial charge in [-0.25, -0.2) is 0 Å². The first-order valence-corrected chi connectivity index (χ1v) is 5.21. The van der Waals surface area contributed by atoms with Crippen molar-refractivity contribution in [3.8, 4) is 0 Å². The molecule has 2 rings (SSSR count). The van der Waals surface area contributed by atoms with Crippen LogP contribution in [0.4, 0.5) is 0 Å². The first-order valence-electron chi connectivity index (χ1n) is 4.83. The molecular formula is C11H13ClN2. The molecule has 1 aliphatic heterocycles. The first-order chi connectivity index (χ1) is 6.77. The highest BCUT2D eigenvalue weighted by atomic mass is 35.5. The number of hydrogen-bond acceptors (Lipinski definition) is 1. The fourth-order valence-corrected chi connectivity index (χ4v) is 1.93. The molecule has 1 N–H and O–H groups in total. The maximum absolute atomic E-state index is 7.71. The van der Waals surface area contributed by atoms with E-state index in [0.29, 0.717) is 0 Å². The monoisotopic (exact) mass is 208 g/mol. The number of nitrogens with one attached hydrogen (secondary N) is 1. The summed E-state index contributed by atoms with van der Waals surface area (Å²) in [5.74, 6) is 0.741. The Morgan fingerprint density at radius 2 is 2.14 bits per heavy atom. The third kappa shape index (κ3) is 1.90. The van der Waals surface area contributed by atoms with E-state index in [0.717, 1.165) is 42.4 Å². The predicted octanol–water partition coefficient (Wildman–Crippen LogP) is 2.91. The van der Waals surface area contributed by atoms with Crippen LogP contribution in [0, 0.1) is 5.41 Å². The minimum absolute atomic E-state index is 0.741. The molecule has 1 aromatic rings. The number of hydrogen-bond donors (Lipinski definition) is 1. The molecule has 0 spiro atoms. The van der Waals surface area contributed by atoms with Crippen molar-refractivity contribution in [2.45, 2.75) is 19.4 Å². The third-order valence-corrected chi connectivity index (χ3v) is 2.91. The number of halogens is 1. The number of amidine groups is 1. The molecule has 74 valence electrons. The van der Waals surface area contributed by atoms with E-state index >= 15 is 0 Å². The summed E-state index contributed by atoms with van der Waals surface area (Å²) in [6.07, 6.45) is 2.01. The maximum atomic E-state index is 7.71. The highest BCUT2D eigenvalue weighted by Gasteiger charge is 2.17. The van der Waals surface area contributed by atoms with Crippen LogP contribution in [0.2, 0.25) is 5.02 Å². The van der Waals surface area contributed by atoms with Gasteiger partial charge in [0.05, 0.1) is 5.84 Å². The topological polar surface area (TPSA) is 27.1 Å². The Kier molecular flexibility index (Phi) is 2.73. The van der Waals surface area contributed by atoms with Crippen molar-refractivity contribution in [1.82, 2.24) is 4.90 Å². The van der Waals surface area contributed by atoms with E-state index in [-0.39, 0.29) is 0 Å². The minimum atomic E-state index is 0.741. The third-order valence-electron chi connectivity index (χ3n) is 2.54. The molecule has 0 aliphatic carbocycles. The van der Waals surface area contributed by atoms with Crippen LogP contribution < -0.4 is 0 Å². The van der Waals surface area contributed by atoms with Crippen LogP contribution in [0.5, 0.6) is 0 Å². The van der Waals surface area contributed by atoms with Crippen molar-refractivity contribution in [1.29, 1.82) is 5.41 Å². The van der Waals surface area contributed by atoms with Crippen LogP contribution in [0.25, 0.3) is 0 Å². The molecule has 2 nitrogen and oxygen atoms in total. The summed E-state index contributed by atoms with van der Waals surface area (Å²) < 4.78 is 0. The number of likely N-dealkylation sites (tertiary alicyclic amines) is 1. The quantitative estimate of drug-likeness (QED) is 0.795. The van der Waals surface area contributed by atoms with E-state index in [1.165, 1.54) is 0 Å². The standard InChI is InChI=1S/C11H13ClN2/c12-10-5-2-1-4-9(10)8-14-7-3-6-11(14)13/h1-2,4-5,13H,3,6-8H2. The van der Waals surface area contributed by atoms with Crippen LogP contribution in [0.1, 0.15) is 18.4 Å². The fourth-order valence-electron chi connectivity index (χ4n) is 1.74. The summed E-state index contributed by atoms with van der Waals surface area (Å²) in [6.45, 7) is 1.77. The van der Waals surface area contributed by atoms with E-state index in [1.807, 2.05) is 24.3 Å². The van der Waals surface area contributed by atoms with Gasteiger partial charge in [-0.3, -0.25) is 5.41 Å². The Bertz CT molecular complexity index is 349. The molecule has 0 aromatic heterocycles. The molecule has 0 saturated carbocycles. The normalized spacial score (nSPS) is 16.4. The molecule has 14 heavy (non-hydrogen) atoms. The van der Waals surface area contributed by atoms with Crippen molar-refractivity contribution in [3.05, 3.63) is 34.9 Å². The van der Waals surface area contributed by atoms with Crippen LogP contribution in [-0.2, 0) is 6.54 Å². The van der Waals surface area contributed by atoms with Gasteiger partial charge in [0.15, 0.2) is 0 Å².